The Morgan fingerprint density at radius 1 is 1.26 bits per heavy atom. The second-order valence-electron chi connectivity index (χ2n) is 6.31. The maximum absolute atomic E-state index is 12.9. The third-order valence-electron chi connectivity index (χ3n) is 4.17. The van der Waals surface area contributed by atoms with Crippen molar-refractivity contribution in [2.24, 2.45) is 0 Å². The van der Waals surface area contributed by atoms with Gasteiger partial charge in [-0.25, -0.2) is 8.42 Å². The highest BCUT2D eigenvalue weighted by Gasteiger charge is 2.31. The van der Waals surface area contributed by atoms with Crippen LogP contribution in [-0.2, 0) is 10.0 Å². The van der Waals surface area contributed by atoms with Gasteiger partial charge in [-0.2, -0.15) is 34.5 Å². The summed E-state index contributed by atoms with van der Waals surface area (Å²) in [5.74, 6) is 0.364. The van der Waals surface area contributed by atoms with Gasteiger partial charge < -0.3 is 10.1 Å². The first-order valence-corrected chi connectivity index (χ1v) is 12.3. The number of nitrogens with zero attached hydrogens (tertiary/aromatic N) is 2. The molecule has 2 heterocycles. The molecular weight excluding hydrogens is 475 g/mol. The van der Waals surface area contributed by atoms with Crippen molar-refractivity contribution in [2.75, 3.05) is 36.5 Å². The highest BCUT2D eigenvalue weighted by atomic mass is 32.2. The van der Waals surface area contributed by atoms with Crippen LogP contribution in [0.1, 0.15) is 15.2 Å². The number of anilines is 1. The third kappa shape index (κ3) is 5.70. The van der Waals surface area contributed by atoms with Gasteiger partial charge in [0.15, 0.2) is 6.61 Å². The Labute approximate surface area is 184 Å². The molecule has 1 fully saturated rings. The van der Waals surface area contributed by atoms with Gasteiger partial charge in [0.25, 0.3) is 5.91 Å². The molecule has 1 N–H and O–H groups in total. The van der Waals surface area contributed by atoms with E-state index in [4.69, 9.17) is 0 Å². The molecule has 7 nitrogen and oxygen atoms in total. The van der Waals surface area contributed by atoms with E-state index in [0.29, 0.717) is 24.6 Å². The van der Waals surface area contributed by atoms with Crippen molar-refractivity contribution in [1.82, 2.24) is 4.31 Å². The van der Waals surface area contributed by atoms with Crippen molar-refractivity contribution in [3.05, 3.63) is 40.1 Å². The monoisotopic (exact) mass is 491 g/mol. The zero-order chi connectivity index (χ0) is 22.6. The van der Waals surface area contributed by atoms with E-state index in [1.165, 1.54) is 21.8 Å². The molecule has 3 rings (SSSR count). The number of rotatable bonds is 6. The lowest BCUT2D eigenvalue weighted by Gasteiger charge is -2.25. The van der Waals surface area contributed by atoms with Gasteiger partial charge in [0, 0.05) is 30.3 Å². The number of amides is 1. The molecule has 13 heteroatoms. The number of alkyl halides is 3. The van der Waals surface area contributed by atoms with Crippen molar-refractivity contribution < 1.29 is 31.1 Å². The minimum atomic E-state index is -4.56. The Balaban J connectivity index is 1.78. The summed E-state index contributed by atoms with van der Waals surface area (Å²) in [6, 6.07) is 6.65. The number of ether oxygens (including phenoxy) is 1. The fourth-order valence-corrected chi connectivity index (χ4v) is 6.63. The maximum atomic E-state index is 12.9. The van der Waals surface area contributed by atoms with E-state index in [-0.39, 0.29) is 26.8 Å². The number of carbonyl (C=O) groups excluding carboxylic acids is 1. The molecule has 1 aromatic heterocycles. The highest BCUT2D eigenvalue weighted by Crippen LogP contribution is 2.29. The van der Waals surface area contributed by atoms with Crippen molar-refractivity contribution >= 4 is 44.7 Å². The number of hydrogen-bond donors (Lipinski definition) is 1. The van der Waals surface area contributed by atoms with Crippen LogP contribution in [0.3, 0.4) is 0 Å². The standard InChI is InChI=1S/C18H16F3N3O4S3/c19-18(20,21)11-28-14-2-1-13(9-12(14)10-22)23-17(25)16-15(3-6-30-16)31(26,27)24-4-7-29-8-5-24/h1-3,6,9H,4-5,7-8,11H2,(H,23,25). The van der Waals surface area contributed by atoms with Gasteiger partial charge in [-0.15, -0.1) is 11.3 Å². The molecule has 0 radical (unpaired) electrons. The van der Waals surface area contributed by atoms with Gasteiger partial charge in [-0.05, 0) is 29.6 Å². The average Bonchev–Trinajstić information content (AvgIpc) is 3.24. The number of benzene rings is 1. The van der Waals surface area contributed by atoms with E-state index >= 15 is 0 Å². The largest absolute Gasteiger partial charge is 0.483 e. The predicted molar refractivity (Wildman–Crippen MR) is 111 cm³/mol. The summed E-state index contributed by atoms with van der Waals surface area (Å²) in [5.41, 5.74) is -0.0843. The minimum Gasteiger partial charge on any atom is -0.483 e. The normalized spacial score (nSPS) is 15.3. The molecule has 0 aliphatic carbocycles. The molecular formula is C18H16F3N3O4S3. The summed E-state index contributed by atoms with van der Waals surface area (Å²) in [4.78, 5) is 12.6. The Bertz CT molecular complexity index is 1100. The maximum Gasteiger partial charge on any atom is 0.422 e. The number of sulfonamides is 1. The number of nitrogens with one attached hydrogen (secondary N) is 1. The van der Waals surface area contributed by atoms with Crippen molar-refractivity contribution in [2.45, 2.75) is 11.1 Å². The van der Waals surface area contributed by atoms with Crippen LogP contribution in [0.25, 0.3) is 0 Å². The summed E-state index contributed by atoms with van der Waals surface area (Å²) in [7, 11) is -3.84. The zero-order valence-corrected chi connectivity index (χ0v) is 18.3. The molecule has 166 valence electrons. The van der Waals surface area contributed by atoms with Crippen LogP contribution >= 0.6 is 23.1 Å². The molecule has 0 spiro atoms. The van der Waals surface area contributed by atoms with Gasteiger partial charge in [-0.3, -0.25) is 4.79 Å². The molecule has 0 saturated carbocycles. The topological polar surface area (TPSA) is 99.5 Å². The summed E-state index contributed by atoms with van der Waals surface area (Å²) in [5, 5.41) is 13.2. The van der Waals surface area contributed by atoms with Gasteiger partial charge >= 0.3 is 6.18 Å². The molecule has 1 aromatic carbocycles. The van der Waals surface area contributed by atoms with E-state index in [2.05, 4.69) is 10.1 Å². The first kappa shape index (κ1) is 23.4. The molecule has 0 bridgehead atoms. The fourth-order valence-electron chi connectivity index (χ4n) is 2.76. The van der Waals surface area contributed by atoms with Gasteiger partial charge in [0.05, 0.1) is 5.56 Å². The fraction of sp³-hybridized carbons (Fsp3) is 0.333. The second kappa shape index (κ2) is 9.47. The number of thiophene rings is 1. The van der Waals surface area contributed by atoms with Crippen molar-refractivity contribution in [3.63, 3.8) is 0 Å². The Hall–Kier alpha value is -2.27. The van der Waals surface area contributed by atoms with Crippen LogP contribution in [0, 0.1) is 11.3 Å². The Kier molecular flexibility index (Phi) is 7.15. The first-order chi connectivity index (χ1) is 14.6. The van der Waals surface area contributed by atoms with E-state index in [9.17, 15) is 31.6 Å². The zero-order valence-electron chi connectivity index (χ0n) is 15.8. The lowest BCUT2D eigenvalue weighted by atomic mass is 10.2. The molecule has 1 aliphatic rings. The summed E-state index contributed by atoms with van der Waals surface area (Å²) >= 11 is 2.61. The van der Waals surface area contributed by atoms with Crippen LogP contribution < -0.4 is 10.1 Å². The summed E-state index contributed by atoms with van der Waals surface area (Å²) < 4.78 is 68.8. The third-order valence-corrected chi connectivity index (χ3v) is 8.10. The number of carbonyl (C=O) groups is 1. The molecule has 31 heavy (non-hydrogen) atoms. The Morgan fingerprint density at radius 2 is 1.97 bits per heavy atom. The number of thioether (sulfide) groups is 1. The van der Waals surface area contributed by atoms with E-state index in [0.717, 1.165) is 23.5 Å². The number of halogens is 3. The van der Waals surface area contributed by atoms with Crippen LogP contribution in [0.4, 0.5) is 18.9 Å². The predicted octanol–water partition coefficient (Wildman–Crippen LogP) is 3.55. The lowest BCUT2D eigenvalue weighted by Crippen LogP contribution is -2.38. The van der Waals surface area contributed by atoms with Gasteiger partial charge in [0.1, 0.15) is 21.6 Å². The molecule has 1 amide bonds. The number of nitriles is 1. The van der Waals surface area contributed by atoms with Crippen molar-refractivity contribution in [3.8, 4) is 11.8 Å². The van der Waals surface area contributed by atoms with E-state index in [1.54, 1.807) is 17.8 Å². The smallest absolute Gasteiger partial charge is 0.422 e. The van der Waals surface area contributed by atoms with E-state index in [1.807, 2.05) is 0 Å². The minimum absolute atomic E-state index is 0.0193. The molecule has 0 atom stereocenters. The van der Waals surface area contributed by atoms with Crippen molar-refractivity contribution in [1.29, 1.82) is 5.26 Å². The second-order valence-corrected chi connectivity index (χ2v) is 10.4. The number of hydrogen-bond acceptors (Lipinski definition) is 7. The summed E-state index contributed by atoms with van der Waals surface area (Å²) in [6.45, 7) is -0.845. The quantitative estimate of drug-likeness (QED) is 0.664. The first-order valence-electron chi connectivity index (χ1n) is 8.82. The van der Waals surface area contributed by atoms with Crippen LogP contribution in [0.2, 0.25) is 0 Å². The summed E-state index contributed by atoms with van der Waals surface area (Å²) in [6.07, 6.45) is -4.56. The lowest BCUT2D eigenvalue weighted by molar-refractivity contribution is -0.153. The molecule has 0 unspecified atom stereocenters. The molecule has 2 aromatic rings. The SMILES string of the molecule is N#Cc1cc(NC(=O)c2sccc2S(=O)(=O)N2CCSCC2)ccc1OCC(F)(F)F. The molecule has 1 saturated heterocycles. The highest BCUT2D eigenvalue weighted by molar-refractivity contribution is 7.99. The molecule has 1 aliphatic heterocycles. The van der Waals surface area contributed by atoms with Gasteiger partial charge in [0.2, 0.25) is 10.0 Å². The van der Waals surface area contributed by atoms with E-state index < -0.39 is 28.7 Å². The average molecular weight is 492 g/mol. The van der Waals surface area contributed by atoms with Crippen LogP contribution in [-0.4, -0.2) is 56.0 Å². The Morgan fingerprint density at radius 3 is 2.61 bits per heavy atom. The van der Waals surface area contributed by atoms with Gasteiger partial charge in [-0.1, -0.05) is 0 Å². The van der Waals surface area contributed by atoms with Crippen LogP contribution in [0.15, 0.2) is 34.5 Å². The van der Waals surface area contributed by atoms with Crippen LogP contribution in [0.5, 0.6) is 5.75 Å².